The number of carboxylic acids is 1. The van der Waals surface area contributed by atoms with Crippen LogP contribution in [0, 0.1) is 17.8 Å². The molecule has 3 unspecified atom stereocenters. The number of amides is 2. The maximum atomic E-state index is 12.5. The molecular weight excluding hydrogens is 284 g/mol. The number of piperidine rings is 1. The Bertz CT molecular complexity index is 424. The number of likely N-dealkylation sites (tertiary alicyclic amines) is 1. The van der Waals surface area contributed by atoms with Crippen molar-refractivity contribution in [3.05, 3.63) is 0 Å². The van der Waals surface area contributed by atoms with Gasteiger partial charge in [0.2, 0.25) is 11.8 Å². The van der Waals surface area contributed by atoms with Gasteiger partial charge in [-0.25, -0.2) is 0 Å². The molecule has 0 saturated carbocycles. The van der Waals surface area contributed by atoms with Crippen LogP contribution in [0.1, 0.15) is 40.0 Å². The third-order valence-electron chi connectivity index (χ3n) is 4.46. The van der Waals surface area contributed by atoms with Crippen molar-refractivity contribution < 1.29 is 19.5 Å². The van der Waals surface area contributed by atoms with Crippen LogP contribution in [-0.2, 0) is 14.4 Å². The van der Waals surface area contributed by atoms with E-state index in [1.165, 1.54) is 4.90 Å². The highest BCUT2D eigenvalue weighted by Gasteiger charge is 2.32. The number of aliphatic carboxylic acids is 1. The Morgan fingerprint density at radius 1 is 1.27 bits per heavy atom. The molecule has 2 amide bonds. The van der Waals surface area contributed by atoms with Crippen LogP contribution in [0.4, 0.5) is 0 Å². The van der Waals surface area contributed by atoms with E-state index in [2.05, 4.69) is 0 Å². The van der Waals surface area contributed by atoms with Crippen molar-refractivity contribution in [3.63, 3.8) is 0 Å². The number of carbonyl (C=O) groups excluding carboxylic acids is 2. The lowest BCUT2D eigenvalue weighted by Crippen LogP contribution is -2.48. The number of rotatable bonds is 6. The van der Waals surface area contributed by atoms with E-state index in [0.717, 1.165) is 19.3 Å². The molecule has 0 aromatic heterocycles. The van der Waals surface area contributed by atoms with Crippen molar-refractivity contribution in [2.75, 3.05) is 26.7 Å². The van der Waals surface area contributed by atoms with Crippen LogP contribution in [0.3, 0.4) is 0 Å². The molecule has 0 aromatic rings. The summed E-state index contributed by atoms with van der Waals surface area (Å²) < 4.78 is 0. The maximum Gasteiger partial charge on any atom is 0.308 e. The first-order valence-electron chi connectivity index (χ1n) is 8.04. The van der Waals surface area contributed by atoms with Gasteiger partial charge < -0.3 is 14.9 Å². The van der Waals surface area contributed by atoms with Gasteiger partial charge in [-0.15, -0.1) is 0 Å². The number of hydrogen-bond donors (Lipinski definition) is 1. The van der Waals surface area contributed by atoms with Gasteiger partial charge in [0.1, 0.15) is 0 Å². The molecular formula is C16H28N2O4. The van der Waals surface area contributed by atoms with E-state index in [-0.39, 0.29) is 30.2 Å². The van der Waals surface area contributed by atoms with Gasteiger partial charge >= 0.3 is 5.97 Å². The third-order valence-corrected chi connectivity index (χ3v) is 4.46. The molecule has 0 radical (unpaired) electrons. The van der Waals surface area contributed by atoms with E-state index < -0.39 is 11.9 Å². The largest absolute Gasteiger partial charge is 0.481 e. The van der Waals surface area contributed by atoms with Crippen molar-refractivity contribution >= 4 is 17.8 Å². The molecule has 1 fully saturated rings. The molecule has 0 bridgehead atoms. The fourth-order valence-corrected chi connectivity index (χ4v) is 2.76. The van der Waals surface area contributed by atoms with Crippen LogP contribution in [0.15, 0.2) is 0 Å². The Balaban J connectivity index is 2.62. The molecule has 0 spiro atoms. The summed E-state index contributed by atoms with van der Waals surface area (Å²) in [5, 5.41) is 8.94. The van der Waals surface area contributed by atoms with E-state index in [0.29, 0.717) is 13.1 Å². The normalized spacial score (nSPS) is 21.1. The van der Waals surface area contributed by atoms with E-state index in [1.54, 1.807) is 18.9 Å². The lowest BCUT2D eigenvalue weighted by Gasteiger charge is -2.35. The zero-order valence-electron chi connectivity index (χ0n) is 14.0. The average Bonchev–Trinajstić information content (AvgIpc) is 2.52. The SMILES string of the molecule is CCC(C)C(=O)N1CCCC(C(=O)N(C)CC(C)C(=O)O)C1. The Kier molecular flexibility index (Phi) is 6.84. The minimum atomic E-state index is -0.906. The number of carboxylic acid groups (broad SMARTS) is 1. The molecule has 0 aliphatic carbocycles. The molecule has 1 aliphatic rings. The Hall–Kier alpha value is -1.59. The summed E-state index contributed by atoms with van der Waals surface area (Å²) in [5.74, 6) is -1.67. The Morgan fingerprint density at radius 3 is 2.45 bits per heavy atom. The Labute approximate surface area is 132 Å². The van der Waals surface area contributed by atoms with Gasteiger partial charge in [-0.1, -0.05) is 20.8 Å². The second kappa shape index (κ2) is 8.15. The van der Waals surface area contributed by atoms with Crippen molar-refractivity contribution in [3.8, 4) is 0 Å². The van der Waals surface area contributed by atoms with Crippen LogP contribution in [0.2, 0.25) is 0 Å². The van der Waals surface area contributed by atoms with Crippen molar-refractivity contribution in [2.45, 2.75) is 40.0 Å². The molecule has 1 heterocycles. The highest BCUT2D eigenvalue weighted by molar-refractivity contribution is 5.82. The smallest absolute Gasteiger partial charge is 0.308 e. The predicted molar refractivity (Wildman–Crippen MR) is 83.2 cm³/mol. The first-order valence-corrected chi connectivity index (χ1v) is 8.04. The average molecular weight is 312 g/mol. The third kappa shape index (κ3) is 4.71. The lowest BCUT2D eigenvalue weighted by molar-refractivity contribution is -0.144. The van der Waals surface area contributed by atoms with Crippen molar-refractivity contribution in [1.29, 1.82) is 0 Å². The second-order valence-corrected chi connectivity index (χ2v) is 6.39. The highest BCUT2D eigenvalue weighted by atomic mass is 16.4. The molecule has 1 rings (SSSR count). The molecule has 126 valence electrons. The van der Waals surface area contributed by atoms with Gasteiger partial charge in [-0.2, -0.15) is 0 Å². The number of carbonyl (C=O) groups is 3. The first-order chi connectivity index (χ1) is 10.3. The van der Waals surface area contributed by atoms with Crippen LogP contribution in [0.25, 0.3) is 0 Å². The van der Waals surface area contributed by atoms with Gasteiger partial charge in [-0.3, -0.25) is 14.4 Å². The summed E-state index contributed by atoms with van der Waals surface area (Å²) in [6.07, 6.45) is 2.37. The maximum absolute atomic E-state index is 12.5. The highest BCUT2D eigenvalue weighted by Crippen LogP contribution is 2.21. The molecule has 6 nitrogen and oxygen atoms in total. The number of nitrogens with zero attached hydrogens (tertiary/aromatic N) is 2. The van der Waals surface area contributed by atoms with E-state index in [9.17, 15) is 14.4 Å². The van der Waals surface area contributed by atoms with Gasteiger partial charge in [0.25, 0.3) is 0 Å². The minimum absolute atomic E-state index is 0.0152. The molecule has 1 aliphatic heterocycles. The summed E-state index contributed by atoms with van der Waals surface area (Å²) in [7, 11) is 1.64. The van der Waals surface area contributed by atoms with Gasteiger partial charge in [-0.05, 0) is 19.3 Å². The molecule has 1 saturated heterocycles. The van der Waals surface area contributed by atoms with Crippen LogP contribution < -0.4 is 0 Å². The van der Waals surface area contributed by atoms with Gasteiger partial charge in [0.15, 0.2) is 0 Å². The zero-order chi connectivity index (χ0) is 16.9. The second-order valence-electron chi connectivity index (χ2n) is 6.39. The fraction of sp³-hybridized carbons (Fsp3) is 0.812. The predicted octanol–water partition coefficient (Wildman–Crippen LogP) is 1.45. The van der Waals surface area contributed by atoms with Crippen molar-refractivity contribution in [2.24, 2.45) is 17.8 Å². The van der Waals surface area contributed by atoms with Crippen LogP contribution in [-0.4, -0.2) is 59.4 Å². The molecule has 6 heteroatoms. The van der Waals surface area contributed by atoms with Crippen molar-refractivity contribution in [1.82, 2.24) is 9.80 Å². The standard InChI is InChI=1S/C16H28N2O4/c1-5-11(2)14(19)18-8-6-7-13(10-18)15(20)17(4)9-12(3)16(21)22/h11-13H,5-10H2,1-4H3,(H,21,22). The minimum Gasteiger partial charge on any atom is -0.481 e. The summed E-state index contributed by atoms with van der Waals surface area (Å²) >= 11 is 0. The van der Waals surface area contributed by atoms with Crippen LogP contribution in [0.5, 0.6) is 0 Å². The fourth-order valence-electron chi connectivity index (χ4n) is 2.76. The molecule has 0 aromatic carbocycles. The van der Waals surface area contributed by atoms with E-state index >= 15 is 0 Å². The summed E-state index contributed by atoms with van der Waals surface area (Å²) in [6.45, 7) is 6.84. The zero-order valence-corrected chi connectivity index (χ0v) is 14.0. The monoisotopic (exact) mass is 312 g/mol. The van der Waals surface area contributed by atoms with E-state index in [1.807, 2.05) is 13.8 Å². The van der Waals surface area contributed by atoms with Gasteiger partial charge in [0.05, 0.1) is 11.8 Å². The van der Waals surface area contributed by atoms with Gasteiger partial charge in [0, 0.05) is 32.6 Å². The lowest BCUT2D eigenvalue weighted by atomic mass is 9.94. The molecule has 3 atom stereocenters. The number of hydrogen-bond acceptors (Lipinski definition) is 3. The van der Waals surface area contributed by atoms with E-state index in [4.69, 9.17) is 5.11 Å². The summed E-state index contributed by atoms with van der Waals surface area (Å²) in [6, 6.07) is 0. The topological polar surface area (TPSA) is 77.9 Å². The quantitative estimate of drug-likeness (QED) is 0.805. The molecule has 22 heavy (non-hydrogen) atoms. The van der Waals surface area contributed by atoms with Crippen LogP contribution >= 0.6 is 0 Å². The summed E-state index contributed by atoms with van der Waals surface area (Å²) in [4.78, 5) is 38.9. The molecule has 1 N–H and O–H groups in total. The summed E-state index contributed by atoms with van der Waals surface area (Å²) in [5.41, 5.74) is 0. The first kappa shape index (κ1) is 18.5. The Morgan fingerprint density at radius 2 is 1.91 bits per heavy atom.